The molecule has 136 valence electrons. The number of alkyl halides is 6. The number of rotatable bonds is 7. The summed E-state index contributed by atoms with van der Waals surface area (Å²) in [7, 11) is 0. The molecule has 24 heavy (non-hydrogen) atoms. The summed E-state index contributed by atoms with van der Waals surface area (Å²) in [6.45, 7) is -4.69. The molecule has 4 nitrogen and oxygen atoms in total. The van der Waals surface area contributed by atoms with E-state index in [2.05, 4.69) is 4.74 Å². The highest BCUT2D eigenvalue weighted by atomic mass is 127. The summed E-state index contributed by atoms with van der Waals surface area (Å²) in [4.78, 5) is 11.1. The van der Waals surface area contributed by atoms with Gasteiger partial charge in [0.2, 0.25) is 0 Å². The Balaban J connectivity index is 3.15. The van der Waals surface area contributed by atoms with Crippen LogP contribution in [-0.2, 0) is 0 Å². The number of ether oxygens (including phenoxy) is 1. The Bertz CT molecular complexity index is 638. The minimum atomic E-state index is -5.90. The molecule has 0 saturated carbocycles. The first-order chi connectivity index (χ1) is 10.8. The third-order valence-corrected chi connectivity index (χ3v) is 4.18. The van der Waals surface area contributed by atoms with Crippen LogP contribution in [-0.4, -0.2) is 47.2 Å². The number of aliphatic hydroxyl groups is 1. The maximum absolute atomic E-state index is 13.5. The molecule has 0 radical (unpaired) electrons. The zero-order valence-corrected chi connectivity index (χ0v) is 15.6. The van der Waals surface area contributed by atoms with Crippen molar-refractivity contribution in [1.82, 2.24) is 0 Å². The fraction of sp³-hybridized carbons (Fsp3) is 0.417. The Morgan fingerprint density at radius 2 is 1.62 bits per heavy atom. The number of halogens is 8. The van der Waals surface area contributed by atoms with Crippen molar-refractivity contribution in [2.24, 2.45) is 0 Å². The Morgan fingerprint density at radius 3 is 2.08 bits per heavy atom. The number of carbonyl (C=O) groups is 1. The van der Waals surface area contributed by atoms with Gasteiger partial charge in [0.15, 0.2) is 6.61 Å². The van der Waals surface area contributed by atoms with E-state index in [1.165, 1.54) is 28.7 Å². The lowest BCUT2D eigenvalue weighted by molar-refractivity contribution is -0.321. The van der Waals surface area contributed by atoms with Crippen LogP contribution in [0.4, 0.5) is 26.3 Å². The van der Waals surface area contributed by atoms with E-state index in [0.717, 1.165) is 6.07 Å². The van der Waals surface area contributed by atoms with E-state index in [9.17, 15) is 31.1 Å². The van der Waals surface area contributed by atoms with Crippen LogP contribution in [0.15, 0.2) is 12.1 Å². The molecular weight excluding hydrogens is 576 g/mol. The van der Waals surface area contributed by atoms with Crippen molar-refractivity contribution in [3.63, 3.8) is 0 Å². The summed E-state index contributed by atoms with van der Waals surface area (Å²) in [5, 5.41) is 17.2. The first-order valence-electron chi connectivity index (χ1n) is 5.86. The molecule has 0 unspecified atom stereocenters. The van der Waals surface area contributed by atoms with Crippen molar-refractivity contribution in [1.29, 1.82) is 0 Å². The molecule has 0 aliphatic carbocycles. The predicted molar refractivity (Wildman–Crippen MR) is 86.3 cm³/mol. The highest BCUT2D eigenvalue weighted by Gasteiger charge is 2.71. The normalized spacial score (nSPS) is 13.0. The average Bonchev–Trinajstić information content (AvgIpc) is 2.44. The van der Waals surface area contributed by atoms with Crippen LogP contribution >= 0.6 is 45.2 Å². The SMILES string of the molecule is O=C(O)c1cc(I)cc(I)c1OCC(F)(F)C(F)(F)C(F)(F)CO. The number of hydrogen-bond donors (Lipinski definition) is 2. The van der Waals surface area contributed by atoms with Crippen LogP contribution in [0.2, 0.25) is 0 Å². The molecule has 2 N–H and O–H groups in total. The Kier molecular flexibility index (Phi) is 6.63. The fourth-order valence-corrected chi connectivity index (χ4v) is 3.49. The molecule has 0 fully saturated rings. The molecule has 12 heteroatoms. The molecular formula is C12H8F6I2O4. The Hall–Kier alpha value is -0.510. The number of benzene rings is 1. The minimum absolute atomic E-state index is 0.0185. The largest absolute Gasteiger partial charge is 0.485 e. The van der Waals surface area contributed by atoms with E-state index in [1.54, 1.807) is 22.6 Å². The second-order valence-corrected chi connectivity index (χ2v) is 6.91. The van der Waals surface area contributed by atoms with Gasteiger partial charge >= 0.3 is 23.7 Å². The molecule has 0 spiro atoms. The van der Waals surface area contributed by atoms with Crippen LogP contribution in [0.25, 0.3) is 0 Å². The Labute approximate surface area is 158 Å². The fourth-order valence-electron chi connectivity index (χ4n) is 1.49. The van der Waals surface area contributed by atoms with Gasteiger partial charge in [-0.2, -0.15) is 26.3 Å². The van der Waals surface area contributed by atoms with Crippen LogP contribution in [0, 0.1) is 7.14 Å². The molecule has 1 aromatic rings. The minimum Gasteiger partial charge on any atom is -0.485 e. The van der Waals surface area contributed by atoms with Crippen LogP contribution < -0.4 is 4.74 Å². The summed E-state index contributed by atoms with van der Waals surface area (Å²) < 4.78 is 84.1. The van der Waals surface area contributed by atoms with Crippen molar-refractivity contribution in [2.75, 3.05) is 13.2 Å². The monoisotopic (exact) mass is 584 g/mol. The standard InChI is InChI=1S/C12H8F6I2O4/c13-10(14,3-21)12(17,18)11(15,16)4-24-8-6(9(22)23)1-5(19)2-7(8)20/h1-2,21H,3-4H2,(H,22,23). The van der Waals surface area contributed by atoms with E-state index < -0.39 is 48.3 Å². The van der Waals surface area contributed by atoms with Crippen LogP contribution in [0.3, 0.4) is 0 Å². The molecule has 1 rings (SSSR count). The predicted octanol–water partition coefficient (Wildman–Crippen LogP) is 3.87. The van der Waals surface area contributed by atoms with E-state index in [-0.39, 0.29) is 3.57 Å². The van der Waals surface area contributed by atoms with Crippen molar-refractivity contribution in [3.8, 4) is 5.75 Å². The third-order valence-electron chi connectivity index (χ3n) is 2.75. The summed E-state index contributed by atoms with van der Waals surface area (Å²) in [5.74, 6) is -18.9. The molecule has 0 saturated heterocycles. The third kappa shape index (κ3) is 4.17. The van der Waals surface area contributed by atoms with Gasteiger partial charge in [-0.1, -0.05) is 0 Å². The van der Waals surface area contributed by atoms with E-state index in [0.29, 0.717) is 3.57 Å². The van der Waals surface area contributed by atoms with Crippen molar-refractivity contribution in [2.45, 2.75) is 17.8 Å². The number of carboxylic acids is 1. The molecule has 0 atom stereocenters. The van der Waals surface area contributed by atoms with Gasteiger partial charge in [0, 0.05) is 3.57 Å². The lowest BCUT2D eigenvalue weighted by Crippen LogP contribution is -2.58. The maximum Gasteiger partial charge on any atom is 0.377 e. The lowest BCUT2D eigenvalue weighted by atomic mass is 10.1. The van der Waals surface area contributed by atoms with Gasteiger partial charge in [0.05, 0.1) is 3.57 Å². The second kappa shape index (κ2) is 7.39. The average molecular weight is 584 g/mol. The first-order valence-corrected chi connectivity index (χ1v) is 8.02. The summed E-state index contributed by atoms with van der Waals surface area (Å²) in [5.41, 5.74) is -0.584. The highest BCUT2D eigenvalue weighted by molar-refractivity contribution is 14.1. The van der Waals surface area contributed by atoms with Crippen molar-refractivity contribution in [3.05, 3.63) is 24.8 Å². The maximum atomic E-state index is 13.5. The smallest absolute Gasteiger partial charge is 0.377 e. The molecule has 0 aliphatic rings. The summed E-state index contributed by atoms with van der Waals surface area (Å²) >= 11 is 3.26. The molecule has 0 amide bonds. The number of aromatic carboxylic acids is 1. The van der Waals surface area contributed by atoms with Crippen molar-refractivity contribution >= 4 is 51.2 Å². The van der Waals surface area contributed by atoms with Crippen molar-refractivity contribution < 1.29 is 46.1 Å². The quantitative estimate of drug-likeness (QED) is 0.378. The number of carboxylic acid groups (broad SMARTS) is 1. The lowest BCUT2D eigenvalue weighted by Gasteiger charge is -2.31. The van der Waals surface area contributed by atoms with Crippen LogP contribution in [0.5, 0.6) is 5.75 Å². The van der Waals surface area contributed by atoms with E-state index in [1.807, 2.05) is 0 Å². The summed E-state index contributed by atoms with van der Waals surface area (Å²) in [6.07, 6.45) is 0. The zero-order valence-electron chi connectivity index (χ0n) is 11.3. The van der Waals surface area contributed by atoms with Gasteiger partial charge in [-0.15, -0.1) is 0 Å². The molecule has 0 aromatic heterocycles. The van der Waals surface area contributed by atoms with Gasteiger partial charge < -0.3 is 14.9 Å². The molecule has 1 aromatic carbocycles. The molecule has 0 bridgehead atoms. The highest BCUT2D eigenvalue weighted by Crippen LogP contribution is 2.46. The van der Waals surface area contributed by atoms with Gasteiger partial charge in [0.25, 0.3) is 0 Å². The Morgan fingerprint density at radius 1 is 1.08 bits per heavy atom. The summed E-state index contributed by atoms with van der Waals surface area (Å²) in [6, 6.07) is 2.36. The molecule has 0 heterocycles. The zero-order chi connectivity index (χ0) is 18.9. The number of hydrogen-bond acceptors (Lipinski definition) is 3. The van der Waals surface area contributed by atoms with Gasteiger partial charge in [-0.25, -0.2) is 4.79 Å². The second-order valence-electron chi connectivity index (χ2n) is 4.50. The van der Waals surface area contributed by atoms with E-state index >= 15 is 0 Å². The van der Waals surface area contributed by atoms with E-state index in [4.69, 9.17) is 10.2 Å². The first kappa shape index (κ1) is 21.5. The van der Waals surface area contributed by atoms with Crippen LogP contribution in [0.1, 0.15) is 10.4 Å². The molecule has 0 aliphatic heterocycles. The number of aliphatic hydroxyl groups excluding tert-OH is 1. The van der Waals surface area contributed by atoms with Gasteiger partial charge in [0.1, 0.15) is 17.9 Å². The van der Waals surface area contributed by atoms with Gasteiger partial charge in [-0.05, 0) is 57.3 Å². The van der Waals surface area contributed by atoms with Gasteiger partial charge in [-0.3, -0.25) is 0 Å². The topological polar surface area (TPSA) is 66.8 Å².